The smallest absolute Gasteiger partial charge is 0.318 e. The number of hydrogen-bond donors (Lipinski definition) is 2. The average molecular weight is 172 g/mol. The van der Waals surface area contributed by atoms with E-state index >= 15 is 0 Å². The van der Waals surface area contributed by atoms with Crippen molar-refractivity contribution in [3.8, 4) is 0 Å². The number of carbonyl (C=O) groups excluding carboxylic acids is 1. The van der Waals surface area contributed by atoms with Gasteiger partial charge in [-0.25, -0.2) is 4.79 Å². The highest BCUT2D eigenvalue weighted by Gasteiger charge is 1.84. The van der Waals surface area contributed by atoms with Crippen molar-refractivity contribution in [1.82, 2.24) is 10.6 Å². The second-order valence-corrected chi connectivity index (χ2v) is 2.73. The van der Waals surface area contributed by atoms with Gasteiger partial charge in [-0.1, -0.05) is 33.8 Å². The number of carbonyl (C=O) groups is 1. The van der Waals surface area contributed by atoms with Crippen LogP contribution in [0.4, 0.5) is 4.79 Å². The predicted molar refractivity (Wildman–Crippen MR) is 52.9 cm³/mol. The van der Waals surface area contributed by atoms with Gasteiger partial charge in [0.25, 0.3) is 0 Å². The van der Waals surface area contributed by atoms with E-state index in [0.717, 1.165) is 5.92 Å². The lowest BCUT2D eigenvalue weighted by Gasteiger charge is -1.92. The minimum absolute atomic E-state index is 0.241. The molecule has 0 saturated heterocycles. The van der Waals surface area contributed by atoms with Crippen molar-refractivity contribution < 1.29 is 4.79 Å². The maximum absolute atomic E-state index is 10.1. The van der Waals surface area contributed by atoms with Crippen LogP contribution >= 0.6 is 0 Å². The summed E-state index contributed by atoms with van der Waals surface area (Å²) in [4.78, 5) is 10.1. The van der Waals surface area contributed by atoms with Gasteiger partial charge in [0.05, 0.1) is 0 Å². The van der Waals surface area contributed by atoms with Crippen molar-refractivity contribution >= 4 is 6.03 Å². The van der Waals surface area contributed by atoms with Crippen LogP contribution in [0.3, 0.4) is 0 Å². The molecule has 0 heterocycles. The van der Waals surface area contributed by atoms with Gasteiger partial charge >= 0.3 is 6.03 Å². The number of urea groups is 1. The number of hydrogen-bond acceptors (Lipinski definition) is 1. The van der Waals surface area contributed by atoms with E-state index in [9.17, 15) is 4.79 Å². The third kappa shape index (κ3) is 16.0. The van der Waals surface area contributed by atoms with Crippen LogP contribution in [0, 0.1) is 5.92 Å². The SMILES string of the molecule is C=CNC(=O)NC.CCC(C)C. The largest absolute Gasteiger partial charge is 0.341 e. The van der Waals surface area contributed by atoms with Crippen molar-refractivity contribution in [3.05, 3.63) is 12.8 Å². The zero-order valence-corrected chi connectivity index (χ0v) is 8.48. The number of rotatable bonds is 2. The van der Waals surface area contributed by atoms with Crippen LogP contribution in [0.15, 0.2) is 12.8 Å². The molecule has 0 aromatic carbocycles. The molecule has 2 amide bonds. The topological polar surface area (TPSA) is 41.1 Å². The Morgan fingerprint density at radius 2 is 2.00 bits per heavy atom. The lowest BCUT2D eigenvalue weighted by molar-refractivity contribution is 0.246. The molecule has 0 unspecified atom stereocenters. The Balaban J connectivity index is 0. The third-order valence-electron chi connectivity index (χ3n) is 1.28. The lowest BCUT2D eigenvalue weighted by atomic mass is 10.2. The van der Waals surface area contributed by atoms with Gasteiger partial charge in [0, 0.05) is 7.05 Å². The third-order valence-corrected chi connectivity index (χ3v) is 1.28. The molecule has 0 aliphatic heterocycles. The quantitative estimate of drug-likeness (QED) is 0.658. The second kappa shape index (κ2) is 10.0. The second-order valence-electron chi connectivity index (χ2n) is 2.73. The Morgan fingerprint density at radius 3 is 2.08 bits per heavy atom. The summed E-state index contributed by atoms with van der Waals surface area (Å²) in [5.74, 6) is 0.884. The van der Waals surface area contributed by atoms with Crippen LogP contribution < -0.4 is 10.6 Å². The minimum atomic E-state index is -0.241. The monoisotopic (exact) mass is 172 g/mol. The number of amides is 2. The molecule has 3 nitrogen and oxygen atoms in total. The van der Waals surface area contributed by atoms with Gasteiger partial charge in [0.2, 0.25) is 0 Å². The first-order valence-corrected chi connectivity index (χ1v) is 4.17. The fourth-order valence-corrected chi connectivity index (χ4v) is 0.165. The first kappa shape index (κ1) is 13.6. The van der Waals surface area contributed by atoms with Crippen molar-refractivity contribution in [3.63, 3.8) is 0 Å². The van der Waals surface area contributed by atoms with Crippen molar-refractivity contribution in [2.75, 3.05) is 7.05 Å². The Kier molecular flexibility index (Phi) is 11.3. The van der Waals surface area contributed by atoms with E-state index in [1.165, 1.54) is 12.6 Å². The van der Waals surface area contributed by atoms with E-state index in [4.69, 9.17) is 0 Å². The Bertz CT molecular complexity index is 122. The van der Waals surface area contributed by atoms with Gasteiger partial charge in [0.1, 0.15) is 0 Å². The highest BCUT2D eigenvalue weighted by molar-refractivity contribution is 5.74. The van der Waals surface area contributed by atoms with Gasteiger partial charge in [0.15, 0.2) is 0 Å². The molecule has 0 radical (unpaired) electrons. The summed E-state index contributed by atoms with van der Waals surface area (Å²) >= 11 is 0. The highest BCUT2D eigenvalue weighted by atomic mass is 16.2. The first-order valence-electron chi connectivity index (χ1n) is 4.17. The molecule has 0 aliphatic carbocycles. The Morgan fingerprint density at radius 1 is 1.58 bits per heavy atom. The maximum atomic E-state index is 10.1. The molecule has 0 bridgehead atoms. The van der Waals surface area contributed by atoms with E-state index < -0.39 is 0 Å². The maximum Gasteiger partial charge on any atom is 0.318 e. The molecule has 0 rings (SSSR count). The predicted octanol–water partition coefficient (Wildman–Crippen LogP) is 2.11. The lowest BCUT2D eigenvalue weighted by Crippen LogP contribution is -2.28. The van der Waals surface area contributed by atoms with E-state index in [2.05, 4.69) is 38.0 Å². The normalized spacial score (nSPS) is 8.08. The summed E-state index contributed by atoms with van der Waals surface area (Å²) in [6.07, 6.45) is 2.62. The summed E-state index contributed by atoms with van der Waals surface area (Å²) in [6.45, 7) is 9.92. The first-order chi connectivity index (χ1) is 5.58. The molecular weight excluding hydrogens is 152 g/mol. The van der Waals surface area contributed by atoms with Gasteiger partial charge in [-0.05, 0) is 12.1 Å². The standard InChI is InChI=1S/C5H12.C4H8N2O/c1-4-5(2)3;1-3-6-4(7)5-2/h5H,4H2,1-3H3;3H,1H2,2H3,(H2,5,6,7). The summed E-state index contributed by atoms with van der Waals surface area (Å²) in [7, 11) is 1.54. The van der Waals surface area contributed by atoms with Crippen LogP contribution in [-0.2, 0) is 0 Å². The van der Waals surface area contributed by atoms with Gasteiger partial charge in [-0.15, -0.1) is 0 Å². The molecule has 0 aromatic heterocycles. The summed E-state index contributed by atoms with van der Waals surface area (Å²) in [5, 5.41) is 4.65. The molecule has 0 spiro atoms. The fraction of sp³-hybridized carbons (Fsp3) is 0.667. The molecule has 3 heteroatoms. The zero-order chi connectivity index (χ0) is 9.98. The van der Waals surface area contributed by atoms with Crippen LogP contribution in [0.25, 0.3) is 0 Å². The number of nitrogens with one attached hydrogen (secondary N) is 2. The Labute approximate surface area is 75.2 Å². The molecule has 0 aromatic rings. The van der Waals surface area contributed by atoms with E-state index in [1.807, 2.05) is 0 Å². The molecule has 2 N–H and O–H groups in total. The molecular formula is C9H20N2O. The van der Waals surface area contributed by atoms with Crippen LogP contribution in [0.5, 0.6) is 0 Å². The molecule has 0 atom stereocenters. The van der Waals surface area contributed by atoms with E-state index in [-0.39, 0.29) is 6.03 Å². The van der Waals surface area contributed by atoms with Gasteiger partial charge < -0.3 is 10.6 Å². The highest BCUT2D eigenvalue weighted by Crippen LogP contribution is 1.93. The summed E-state index contributed by atoms with van der Waals surface area (Å²) in [5.41, 5.74) is 0. The zero-order valence-electron chi connectivity index (χ0n) is 8.48. The Hall–Kier alpha value is -0.990. The van der Waals surface area contributed by atoms with E-state index in [0.29, 0.717) is 0 Å². The summed E-state index contributed by atoms with van der Waals surface area (Å²) in [6, 6.07) is -0.241. The van der Waals surface area contributed by atoms with Crippen molar-refractivity contribution in [1.29, 1.82) is 0 Å². The van der Waals surface area contributed by atoms with Gasteiger partial charge in [-0.2, -0.15) is 0 Å². The summed E-state index contributed by atoms with van der Waals surface area (Å²) < 4.78 is 0. The molecule has 0 aliphatic rings. The van der Waals surface area contributed by atoms with Crippen LogP contribution in [-0.4, -0.2) is 13.1 Å². The molecule has 12 heavy (non-hydrogen) atoms. The average Bonchev–Trinajstić information content (AvgIpc) is 2.06. The molecule has 72 valence electrons. The molecule has 0 fully saturated rings. The van der Waals surface area contributed by atoms with Crippen LogP contribution in [0.1, 0.15) is 27.2 Å². The van der Waals surface area contributed by atoms with Crippen LogP contribution in [0.2, 0.25) is 0 Å². The fourth-order valence-electron chi connectivity index (χ4n) is 0.165. The van der Waals surface area contributed by atoms with Crippen molar-refractivity contribution in [2.24, 2.45) is 5.92 Å². The minimum Gasteiger partial charge on any atom is -0.341 e. The molecule has 0 saturated carbocycles. The van der Waals surface area contributed by atoms with E-state index in [1.54, 1.807) is 7.05 Å². The van der Waals surface area contributed by atoms with Crippen molar-refractivity contribution in [2.45, 2.75) is 27.2 Å². The van der Waals surface area contributed by atoms with Gasteiger partial charge in [-0.3, -0.25) is 0 Å².